The average molecular weight is 274 g/mol. The van der Waals surface area contributed by atoms with E-state index in [0.29, 0.717) is 5.54 Å². The molecule has 1 saturated heterocycles. The minimum absolute atomic E-state index is 0.0731. The summed E-state index contributed by atoms with van der Waals surface area (Å²) in [6.07, 6.45) is 3.76. The summed E-state index contributed by atoms with van der Waals surface area (Å²) < 4.78 is 0. The second-order valence-corrected chi connectivity index (χ2v) is 6.68. The summed E-state index contributed by atoms with van der Waals surface area (Å²) in [5, 5.41) is 3.82. The topological polar surface area (TPSA) is 15.3 Å². The molecule has 20 heavy (non-hydrogen) atoms. The van der Waals surface area contributed by atoms with Crippen LogP contribution in [0.1, 0.15) is 52.5 Å². The number of nitrogens with zero attached hydrogens (tertiary/aromatic N) is 1. The summed E-state index contributed by atoms with van der Waals surface area (Å²) in [5.74, 6) is 0. The molecule has 2 nitrogen and oxygen atoms in total. The molecule has 0 saturated carbocycles. The number of hydrogen-bond acceptors (Lipinski definition) is 2. The van der Waals surface area contributed by atoms with Gasteiger partial charge >= 0.3 is 0 Å². The third kappa shape index (κ3) is 3.07. The van der Waals surface area contributed by atoms with E-state index in [1.165, 1.54) is 31.4 Å². The van der Waals surface area contributed by atoms with Crippen LogP contribution in [0.3, 0.4) is 0 Å². The molecule has 2 heteroatoms. The van der Waals surface area contributed by atoms with Gasteiger partial charge in [-0.15, -0.1) is 0 Å². The van der Waals surface area contributed by atoms with Crippen LogP contribution in [-0.4, -0.2) is 30.1 Å². The van der Waals surface area contributed by atoms with Crippen molar-refractivity contribution in [2.24, 2.45) is 0 Å². The van der Waals surface area contributed by atoms with Gasteiger partial charge in [-0.2, -0.15) is 0 Å². The average Bonchev–Trinajstić information content (AvgIpc) is 2.49. The van der Waals surface area contributed by atoms with Crippen molar-refractivity contribution in [2.45, 2.75) is 58.0 Å². The van der Waals surface area contributed by atoms with E-state index in [9.17, 15) is 0 Å². The Hall–Kier alpha value is -0.860. The maximum Gasteiger partial charge on any atom is 0.0535 e. The van der Waals surface area contributed by atoms with Crippen molar-refractivity contribution in [1.82, 2.24) is 10.2 Å². The SMILES string of the molecule is CCCCN1CC(C)(c2ccccc2)NCC1(C)CC. The van der Waals surface area contributed by atoms with Gasteiger partial charge in [-0.3, -0.25) is 4.90 Å². The van der Waals surface area contributed by atoms with Crippen LogP contribution in [0, 0.1) is 0 Å². The van der Waals surface area contributed by atoms with E-state index >= 15 is 0 Å². The zero-order valence-corrected chi connectivity index (χ0v) is 13.6. The molecule has 1 fully saturated rings. The van der Waals surface area contributed by atoms with Gasteiger partial charge in [0.15, 0.2) is 0 Å². The van der Waals surface area contributed by atoms with Crippen molar-refractivity contribution in [3.63, 3.8) is 0 Å². The first-order chi connectivity index (χ1) is 9.54. The third-order valence-electron chi connectivity index (χ3n) is 5.08. The van der Waals surface area contributed by atoms with Crippen LogP contribution in [0.5, 0.6) is 0 Å². The highest BCUT2D eigenvalue weighted by atomic mass is 15.3. The second-order valence-electron chi connectivity index (χ2n) is 6.68. The quantitative estimate of drug-likeness (QED) is 0.879. The van der Waals surface area contributed by atoms with Gasteiger partial charge < -0.3 is 5.32 Å². The Morgan fingerprint density at radius 2 is 1.85 bits per heavy atom. The third-order valence-corrected chi connectivity index (χ3v) is 5.08. The van der Waals surface area contributed by atoms with Crippen LogP contribution in [-0.2, 0) is 5.54 Å². The van der Waals surface area contributed by atoms with E-state index in [0.717, 1.165) is 13.1 Å². The van der Waals surface area contributed by atoms with Gasteiger partial charge in [-0.05, 0) is 38.8 Å². The van der Waals surface area contributed by atoms with Crippen LogP contribution >= 0.6 is 0 Å². The summed E-state index contributed by atoms with van der Waals surface area (Å²) in [6.45, 7) is 12.7. The van der Waals surface area contributed by atoms with Crippen molar-refractivity contribution in [3.05, 3.63) is 35.9 Å². The predicted octanol–water partition coefficient (Wildman–Crippen LogP) is 3.78. The van der Waals surface area contributed by atoms with Crippen molar-refractivity contribution < 1.29 is 0 Å². The molecule has 1 aromatic carbocycles. The number of rotatable bonds is 5. The number of benzene rings is 1. The summed E-state index contributed by atoms with van der Waals surface area (Å²) in [6, 6.07) is 10.9. The molecule has 0 spiro atoms. The van der Waals surface area contributed by atoms with Gasteiger partial charge in [0.2, 0.25) is 0 Å². The molecule has 1 aromatic rings. The molecule has 0 aromatic heterocycles. The fraction of sp³-hybridized carbons (Fsp3) is 0.667. The Balaban J connectivity index is 2.19. The van der Waals surface area contributed by atoms with Gasteiger partial charge in [0, 0.05) is 18.6 Å². The summed E-state index contributed by atoms with van der Waals surface area (Å²) in [4.78, 5) is 2.71. The van der Waals surface area contributed by atoms with Crippen LogP contribution in [0.25, 0.3) is 0 Å². The normalized spacial score (nSPS) is 31.4. The Labute approximate surface area is 124 Å². The first kappa shape index (κ1) is 15.5. The zero-order valence-electron chi connectivity index (χ0n) is 13.6. The number of hydrogen-bond donors (Lipinski definition) is 1. The number of nitrogens with one attached hydrogen (secondary N) is 1. The Morgan fingerprint density at radius 1 is 1.15 bits per heavy atom. The van der Waals surface area contributed by atoms with E-state index in [1.807, 2.05) is 0 Å². The van der Waals surface area contributed by atoms with E-state index in [1.54, 1.807) is 0 Å². The standard InChI is InChI=1S/C18H30N2/c1-5-7-13-20-15-18(4,16-11-9-8-10-12-16)19-14-17(20,3)6-2/h8-12,19H,5-7,13-15H2,1-4H3. The summed E-state index contributed by atoms with van der Waals surface area (Å²) in [7, 11) is 0. The van der Waals surface area contributed by atoms with E-state index in [-0.39, 0.29) is 5.54 Å². The smallest absolute Gasteiger partial charge is 0.0535 e. The molecule has 0 amide bonds. The van der Waals surface area contributed by atoms with Gasteiger partial charge in [0.25, 0.3) is 0 Å². The maximum absolute atomic E-state index is 3.82. The van der Waals surface area contributed by atoms with Gasteiger partial charge in [-0.1, -0.05) is 50.6 Å². The Bertz CT molecular complexity index is 417. The van der Waals surface area contributed by atoms with E-state index in [2.05, 4.69) is 68.2 Å². The summed E-state index contributed by atoms with van der Waals surface area (Å²) >= 11 is 0. The van der Waals surface area contributed by atoms with Gasteiger partial charge in [0.05, 0.1) is 5.54 Å². The molecular weight excluding hydrogens is 244 g/mol. The molecule has 1 aliphatic rings. The maximum atomic E-state index is 3.82. The van der Waals surface area contributed by atoms with Gasteiger partial charge in [-0.25, -0.2) is 0 Å². The highest BCUT2D eigenvalue weighted by Gasteiger charge is 2.42. The highest BCUT2D eigenvalue weighted by Crippen LogP contribution is 2.32. The number of unbranched alkanes of at least 4 members (excludes halogenated alkanes) is 1. The molecular formula is C18H30N2. The number of piperazine rings is 1. The second kappa shape index (κ2) is 6.28. The van der Waals surface area contributed by atoms with Crippen molar-refractivity contribution >= 4 is 0 Å². The molecule has 1 aliphatic heterocycles. The monoisotopic (exact) mass is 274 g/mol. The lowest BCUT2D eigenvalue weighted by atomic mass is 9.83. The fourth-order valence-corrected chi connectivity index (χ4v) is 3.17. The van der Waals surface area contributed by atoms with Crippen LogP contribution in [0.4, 0.5) is 0 Å². The van der Waals surface area contributed by atoms with Crippen LogP contribution in [0.2, 0.25) is 0 Å². The molecule has 0 aliphatic carbocycles. The molecule has 0 bridgehead atoms. The Morgan fingerprint density at radius 3 is 2.45 bits per heavy atom. The Kier molecular flexibility index (Phi) is 4.87. The van der Waals surface area contributed by atoms with Crippen molar-refractivity contribution in [2.75, 3.05) is 19.6 Å². The molecule has 1 N–H and O–H groups in total. The first-order valence-corrected chi connectivity index (χ1v) is 8.10. The minimum atomic E-state index is 0.0731. The fourth-order valence-electron chi connectivity index (χ4n) is 3.17. The first-order valence-electron chi connectivity index (χ1n) is 8.10. The molecule has 2 unspecified atom stereocenters. The lowest BCUT2D eigenvalue weighted by Crippen LogP contribution is -2.66. The van der Waals surface area contributed by atoms with Crippen molar-refractivity contribution in [1.29, 1.82) is 0 Å². The minimum Gasteiger partial charge on any atom is -0.305 e. The van der Waals surface area contributed by atoms with Crippen LogP contribution < -0.4 is 5.32 Å². The van der Waals surface area contributed by atoms with E-state index < -0.39 is 0 Å². The highest BCUT2D eigenvalue weighted by molar-refractivity contribution is 5.25. The van der Waals surface area contributed by atoms with Gasteiger partial charge in [0.1, 0.15) is 0 Å². The van der Waals surface area contributed by atoms with Crippen molar-refractivity contribution in [3.8, 4) is 0 Å². The molecule has 1 heterocycles. The molecule has 2 rings (SSSR count). The molecule has 2 atom stereocenters. The lowest BCUT2D eigenvalue weighted by molar-refractivity contribution is 0.0160. The summed E-state index contributed by atoms with van der Waals surface area (Å²) in [5.41, 5.74) is 1.77. The predicted molar refractivity (Wildman–Crippen MR) is 87.0 cm³/mol. The van der Waals surface area contributed by atoms with E-state index in [4.69, 9.17) is 0 Å². The largest absolute Gasteiger partial charge is 0.305 e. The van der Waals surface area contributed by atoms with Crippen LogP contribution in [0.15, 0.2) is 30.3 Å². The lowest BCUT2D eigenvalue weighted by Gasteiger charge is -2.52. The molecule has 112 valence electrons. The zero-order chi connectivity index (χ0) is 14.6. The molecule has 0 radical (unpaired) electrons.